The van der Waals surface area contributed by atoms with Crippen molar-refractivity contribution < 1.29 is 14.3 Å². The van der Waals surface area contributed by atoms with Gasteiger partial charge in [-0.2, -0.15) is 0 Å². The van der Waals surface area contributed by atoms with Crippen molar-refractivity contribution in [1.29, 1.82) is 0 Å². The van der Waals surface area contributed by atoms with Gasteiger partial charge < -0.3 is 15.4 Å². The van der Waals surface area contributed by atoms with Crippen molar-refractivity contribution in [2.24, 2.45) is 0 Å². The zero-order valence-corrected chi connectivity index (χ0v) is 17.8. The van der Waals surface area contributed by atoms with Gasteiger partial charge in [-0.25, -0.2) is 4.79 Å². The van der Waals surface area contributed by atoms with Gasteiger partial charge in [0.1, 0.15) is 6.61 Å². The predicted molar refractivity (Wildman–Crippen MR) is 118 cm³/mol. The molecule has 0 radical (unpaired) electrons. The molecule has 2 amide bonds. The smallest absolute Gasteiger partial charge is 0.414 e. The van der Waals surface area contributed by atoms with Crippen LogP contribution in [0, 0.1) is 0 Å². The van der Waals surface area contributed by atoms with E-state index in [2.05, 4.69) is 29.7 Å². The Morgan fingerprint density at radius 3 is 2.63 bits per heavy atom. The Bertz CT molecular complexity index is 854. The summed E-state index contributed by atoms with van der Waals surface area (Å²) >= 11 is 0. The number of nitrogens with zero attached hydrogens (tertiary/aromatic N) is 1. The fourth-order valence-corrected chi connectivity index (χ4v) is 3.71. The number of hydrogen-bond acceptors (Lipinski definition) is 4. The second kappa shape index (κ2) is 10.8. The third-order valence-electron chi connectivity index (χ3n) is 5.35. The maximum atomic E-state index is 12.8. The molecule has 0 fully saturated rings. The van der Waals surface area contributed by atoms with Gasteiger partial charge in [0.05, 0.1) is 5.69 Å². The first-order valence-corrected chi connectivity index (χ1v) is 10.7. The molecular formula is C24H31N3O3. The van der Waals surface area contributed by atoms with Crippen LogP contribution in [0.25, 0.3) is 0 Å². The summed E-state index contributed by atoms with van der Waals surface area (Å²) in [4.78, 5) is 25.6. The molecule has 3 rings (SSSR count). The normalized spacial score (nSPS) is 15.4. The molecule has 6 heteroatoms. The van der Waals surface area contributed by atoms with E-state index in [-0.39, 0.29) is 24.6 Å². The van der Waals surface area contributed by atoms with E-state index in [1.165, 1.54) is 12.5 Å². The molecule has 1 atom stereocenters. The van der Waals surface area contributed by atoms with Crippen LogP contribution in [0.2, 0.25) is 0 Å². The van der Waals surface area contributed by atoms with Crippen molar-refractivity contribution in [3.05, 3.63) is 65.2 Å². The summed E-state index contributed by atoms with van der Waals surface area (Å²) in [6.07, 6.45) is 2.32. The highest BCUT2D eigenvalue weighted by atomic mass is 16.6. The number of carbonyl (C=O) groups excluding carboxylic acids is 2. The molecule has 160 valence electrons. The molecule has 1 aliphatic rings. The number of ether oxygens (including phenoxy) is 1. The third kappa shape index (κ3) is 5.83. The largest absolute Gasteiger partial charge is 0.444 e. The quantitative estimate of drug-likeness (QED) is 0.648. The van der Waals surface area contributed by atoms with Crippen LogP contribution in [-0.2, 0) is 22.6 Å². The van der Waals surface area contributed by atoms with Crippen LogP contribution in [0.1, 0.15) is 49.4 Å². The third-order valence-corrected chi connectivity index (χ3v) is 5.35. The molecular weight excluding hydrogens is 378 g/mol. The maximum Gasteiger partial charge on any atom is 0.414 e. The molecule has 1 unspecified atom stereocenters. The van der Waals surface area contributed by atoms with Crippen molar-refractivity contribution in [2.75, 3.05) is 24.5 Å². The van der Waals surface area contributed by atoms with Gasteiger partial charge in [-0.15, -0.1) is 0 Å². The summed E-state index contributed by atoms with van der Waals surface area (Å²) in [5.74, 6) is -0.00439. The van der Waals surface area contributed by atoms with E-state index in [9.17, 15) is 9.59 Å². The molecule has 0 aromatic heterocycles. The Labute approximate surface area is 178 Å². The van der Waals surface area contributed by atoms with Gasteiger partial charge in [0.25, 0.3) is 0 Å². The van der Waals surface area contributed by atoms with Crippen LogP contribution < -0.4 is 15.5 Å². The van der Waals surface area contributed by atoms with Gasteiger partial charge in [-0.3, -0.25) is 9.69 Å². The van der Waals surface area contributed by atoms with Crippen molar-refractivity contribution in [3.8, 4) is 0 Å². The SMILES string of the molecule is CCc1ccc2c(c1)C(NCCCNC(C)=O)CCN2C(=O)OCc1ccccc1. The van der Waals surface area contributed by atoms with Gasteiger partial charge >= 0.3 is 6.09 Å². The molecule has 0 saturated heterocycles. The van der Waals surface area contributed by atoms with Gasteiger partial charge in [0.2, 0.25) is 5.91 Å². The van der Waals surface area contributed by atoms with E-state index in [1.54, 1.807) is 4.90 Å². The predicted octanol–water partition coefficient (Wildman–Crippen LogP) is 3.95. The molecule has 1 heterocycles. The van der Waals surface area contributed by atoms with Crippen LogP contribution in [0.3, 0.4) is 0 Å². The Balaban J connectivity index is 1.66. The zero-order valence-electron chi connectivity index (χ0n) is 17.8. The molecule has 0 bridgehead atoms. The number of rotatable bonds is 8. The summed E-state index contributed by atoms with van der Waals surface area (Å²) in [5, 5.41) is 6.41. The standard InChI is InChI=1S/C24H31N3O3/c1-3-19-10-11-23-21(16-19)22(26-14-7-13-25-18(2)28)12-15-27(23)24(29)30-17-20-8-5-4-6-9-20/h4-6,8-11,16,22,26H,3,7,12-15,17H2,1-2H3,(H,25,28). The highest BCUT2D eigenvalue weighted by Crippen LogP contribution is 2.35. The average Bonchev–Trinajstić information content (AvgIpc) is 2.77. The Kier molecular flexibility index (Phi) is 7.85. The van der Waals surface area contributed by atoms with E-state index in [1.807, 2.05) is 36.4 Å². The number of carbonyl (C=O) groups is 2. The van der Waals surface area contributed by atoms with Crippen molar-refractivity contribution >= 4 is 17.7 Å². The number of amides is 2. The van der Waals surface area contributed by atoms with Gasteiger partial charge in [-0.1, -0.05) is 49.4 Å². The van der Waals surface area contributed by atoms with Gasteiger partial charge in [-0.05, 0) is 48.6 Å². The van der Waals surface area contributed by atoms with E-state index in [4.69, 9.17) is 4.74 Å². The molecule has 0 aliphatic carbocycles. The van der Waals surface area contributed by atoms with Crippen LogP contribution in [0.4, 0.5) is 10.5 Å². The maximum absolute atomic E-state index is 12.8. The summed E-state index contributed by atoms with van der Waals surface area (Å²) in [5.41, 5.74) is 4.27. The Morgan fingerprint density at radius 1 is 1.10 bits per heavy atom. The lowest BCUT2D eigenvalue weighted by Crippen LogP contribution is -2.40. The number of aryl methyl sites for hydroxylation is 1. The molecule has 2 aromatic carbocycles. The molecule has 0 saturated carbocycles. The number of fused-ring (bicyclic) bond motifs is 1. The summed E-state index contributed by atoms with van der Waals surface area (Å²) in [7, 11) is 0. The first-order valence-electron chi connectivity index (χ1n) is 10.7. The van der Waals surface area contributed by atoms with E-state index in [0.29, 0.717) is 13.1 Å². The number of anilines is 1. The van der Waals surface area contributed by atoms with Gasteiger partial charge in [0, 0.05) is 26.1 Å². The van der Waals surface area contributed by atoms with Crippen molar-refractivity contribution in [3.63, 3.8) is 0 Å². The van der Waals surface area contributed by atoms with Crippen molar-refractivity contribution in [1.82, 2.24) is 10.6 Å². The van der Waals surface area contributed by atoms with Gasteiger partial charge in [0.15, 0.2) is 0 Å². The Morgan fingerprint density at radius 2 is 1.90 bits per heavy atom. The van der Waals surface area contributed by atoms with E-state index in [0.717, 1.165) is 42.6 Å². The number of hydrogen-bond donors (Lipinski definition) is 2. The topological polar surface area (TPSA) is 70.7 Å². The molecule has 2 aromatic rings. The summed E-state index contributed by atoms with van der Waals surface area (Å²) in [6, 6.07) is 16.2. The van der Waals surface area contributed by atoms with Crippen LogP contribution in [0.15, 0.2) is 48.5 Å². The number of nitrogens with one attached hydrogen (secondary N) is 2. The fraction of sp³-hybridized carbons (Fsp3) is 0.417. The fourth-order valence-electron chi connectivity index (χ4n) is 3.71. The minimum atomic E-state index is -0.312. The molecule has 30 heavy (non-hydrogen) atoms. The lowest BCUT2D eigenvalue weighted by atomic mass is 9.94. The first kappa shape index (κ1) is 21.8. The highest BCUT2D eigenvalue weighted by Gasteiger charge is 2.29. The van der Waals surface area contributed by atoms with Crippen LogP contribution in [0.5, 0.6) is 0 Å². The van der Waals surface area contributed by atoms with Crippen LogP contribution in [-0.4, -0.2) is 31.6 Å². The lowest BCUT2D eigenvalue weighted by Gasteiger charge is -2.34. The average molecular weight is 410 g/mol. The van der Waals surface area contributed by atoms with E-state index < -0.39 is 0 Å². The van der Waals surface area contributed by atoms with Crippen molar-refractivity contribution in [2.45, 2.75) is 45.8 Å². The minimum absolute atomic E-state index is 0.00439. The number of benzene rings is 2. The zero-order chi connectivity index (χ0) is 21.3. The summed E-state index contributed by atoms with van der Waals surface area (Å²) in [6.45, 7) is 6.00. The summed E-state index contributed by atoms with van der Waals surface area (Å²) < 4.78 is 5.58. The highest BCUT2D eigenvalue weighted by molar-refractivity contribution is 5.89. The lowest BCUT2D eigenvalue weighted by molar-refractivity contribution is -0.118. The first-order chi connectivity index (χ1) is 14.6. The second-order valence-electron chi connectivity index (χ2n) is 7.57. The molecule has 6 nitrogen and oxygen atoms in total. The van der Waals surface area contributed by atoms with E-state index >= 15 is 0 Å². The molecule has 2 N–H and O–H groups in total. The Hall–Kier alpha value is -2.86. The molecule has 1 aliphatic heterocycles. The molecule has 0 spiro atoms. The monoisotopic (exact) mass is 409 g/mol. The minimum Gasteiger partial charge on any atom is -0.444 e. The second-order valence-corrected chi connectivity index (χ2v) is 7.57. The van der Waals surface area contributed by atoms with Crippen LogP contribution >= 0.6 is 0 Å².